The molecule has 0 radical (unpaired) electrons. The van der Waals surface area contributed by atoms with Crippen LogP contribution >= 0.6 is 0 Å². The number of anilines is 1. The highest BCUT2D eigenvalue weighted by molar-refractivity contribution is 5.40. The highest BCUT2D eigenvalue weighted by Gasteiger charge is 2.39. The highest BCUT2D eigenvalue weighted by atomic mass is 16.5. The van der Waals surface area contributed by atoms with Crippen LogP contribution in [0.2, 0.25) is 0 Å². The van der Waals surface area contributed by atoms with Gasteiger partial charge in [0.25, 0.3) is 0 Å². The lowest BCUT2D eigenvalue weighted by atomic mass is 10.1. The second kappa shape index (κ2) is 6.09. The van der Waals surface area contributed by atoms with Crippen molar-refractivity contribution in [3.8, 4) is 0 Å². The number of ether oxygens (including phenoxy) is 1. The van der Waals surface area contributed by atoms with Crippen molar-refractivity contribution < 1.29 is 4.74 Å². The molecule has 2 aliphatic rings. The molecule has 1 aliphatic heterocycles. The molecular formula is C19H22N2O. The normalized spacial score (nSPS) is 26.8. The van der Waals surface area contributed by atoms with Gasteiger partial charge in [-0.15, -0.1) is 0 Å². The van der Waals surface area contributed by atoms with Crippen molar-refractivity contribution in [1.29, 1.82) is 0 Å². The molecule has 1 saturated carbocycles. The van der Waals surface area contributed by atoms with Crippen molar-refractivity contribution in [1.82, 2.24) is 4.98 Å². The third-order valence-corrected chi connectivity index (χ3v) is 4.77. The molecule has 1 N–H and O–H groups in total. The van der Waals surface area contributed by atoms with Crippen LogP contribution in [0.4, 0.5) is 5.82 Å². The second-order valence-electron chi connectivity index (χ2n) is 6.35. The van der Waals surface area contributed by atoms with Crippen molar-refractivity contribution in [2.24, 2.45) is 0 Å². The van der Waals surface area contributed by atoms with Crippen molar-refractivity contribution in [3.05, 3.63) is 59.8 Å². The van der Waals surface area contributed by atoms with Crippen LogP contribution in [0, 0.1) is 0 Å². The number of nitrogens with zero attached hydrogens (tertiary/aromatic N) is 1. The van der Waals surface area contributed by atoms with Crippen molar-refractivity contribution in [3.63, 3.8) is 0 Å². The minimum Gasteiger partial charge on any atom is -0.376 e. The Labute approximate surface area is 131 Å². The maximum absolute atomic E-state index is 5.62. The monoisotopic (exact) mass is 294 g/mol. The van der Waals surface area contributed by atoms with Crippen molar-refractivity contribution in [2.45, 2.75) is 37.2 Å². The van der Waals surface area contributed by atoms with E-state index in [4.69, 9.17) is 4.74 Å². The zero-order chi connectivity index (χ0) is 14.8. The molecule has 2 aromatic rings. The fourth-order valence-electron chi connectivity index (χ4n) is 3.38. The summed E-state index contributed by atoms with van der Waals surface area (Å²) in [5.74, 6) is 2.27. The molecule has 1 unspecified atom stereocenters. The van der Waals surface area contributed by atoms with Gasteiger partial charge in [0.1, 0.15) is 5.82 Å². The zero-order valence-electron chi connectivity index (χ0n) is 12.7. The fourth-order valence-corrected chi connectivity index (χ4v) is 3.38. The van der Waals surface area contributed by atoms with Gasteiger partial charge in [0.05, 0.1) is 6.10 Å². The van der Waals surface area contributed by atoms with Gasteiger partial charge in [-0.1, -0.05) is 36.4 Å². The number of benzene rings is 1. The van der Waals surface area contributed by atoms with Gasteiger partial charge in [-0.05, 0) is 48.3 Å². The average molecular weight is 294 g/mol. The van der Waals surface area contributed by atoms with E-state index in [1.54, 1.807) is 0 Å². The van der Waals surface area contributed by atoms with E-state index in [0.717, 1.165) is 25.4 Å². The van der Waals surface area contributed by atoms with E-state index in [0.29, 0.717) is 17.9 Å². The predicted molar refractivity (Wildman–Crippen MR) is 88.2 cm³/mol. The molecular weight excluding hydrogens is 272 g/mol. The van der Waals surface area contributed by atoms with E-state index < -0.39 is 0 Å². The summed E-state index contributed by atoms with van der Waals surface area (Å²) in [4.78, 5) is 4.56. The lowest BCUT2D eigenvalue weighted by Crippen LogP contribution is -2.18. The Morgan fingerprint density at radius 3 is 2.64 bits per heavy atom. The molecule has 2 fully saturated rings. The molecule has 3 heteroatoms. The highest BCUT2D eigenvalue weighted by Crippen LogP contribution is 2.54. The third kappa shape index (κ3) is 3.00. The molecule has 4 rings (SSSR count). The summed E-state index contributed by atoms with van der Waals surface area (Å²) < 4.78 is 5.62. The van der Waals surface area contributed by atoms with E-state index >= 15 is 0 Å². The summed E-state index contributed by atoms with van der Waals surface area (Å²) in [5, 5.41) is 3.38. The molecule has 2 heterocycles. The summed E-state index contributed by atoms with van der Waals surface area (Å²) in [6, 6.07) is 15.1. The second-order valence-corrected chi connectivity index (χ2v) is 6.35. The van der Waals surface area contributed by atoms with Gasteiger partial charge < -0.3 is 10.1 Å². The Balaban J connectivity index is 1.34. The summed E-state index contributed by atoms with van der Waals surface area (Å²) in [6.45, 7) is 1.77. The quantitative estimate of drug-likeness (QED) is 0.907. The molecule has 3 atom stereocenters. The predicted octanol–water partition coefficient (Wildman–Crippen LogP) is 3.94. The molecule has 3 nitrogen and oxygen atoms in total. The number of hydrogen-bond donors (Lipinski definition) is 1. The zero-order valence-corrected chi connectivity index (χ0v) is 12.7. The van der Waals surface area contributed by atoms with Crippen LogP contribution in [0.25, 0.3) is 0 Å². The van der Waals surface area contributed by atoms with Crippen LogP contribution in [0.1, 0.15) is 42.2 Å². The summed E-state index contributed by atoms with van der Waals surface area (Å²) >= 11 is 0. The first kappa shape index (κ1) is 13.8. The van der Waals surface area contributed by atoms with Crippen LogP contribution in [0.3, 0.4) is 0 Å². The molecule has 1 aromatic heterocycles. The molecule has 0 amide bonds. The molecule has 1 aromatic carbocycles. The van der Waals surface area contributed by atoms with Gasteiger partial charge >= 0.3 is 0 Å². The standard InChI is InChI=1S/C19H22N2O/c1-2-5-14(6-3-1)17-11-18(17)15-8-9-19(20-12-15)21-13-16-7-4-10-22-16/h1-3,5-6,8-9,12,16-18H,4,7,10-11,13H2,(H,20,21)/t16?,17-,18-/m0/s1. The molecule has 1 saturated heterocycles. The van der Waals surface area contributed by atoms with Crippen molar-refractivity contribution in [2.75, 3.05) is 18.5 Å². The summed E-state index contributed by atoms with van der Waals surface area (Å²) in [7, 11) is 0. The topological polar surface area (TPSA) is 34.1 Å². The van der Waals surface area contributed by atoms with Gasteiger partial charge in [0.15, 0.2) is 0 Å². The van der Waals surface area contributed by atoms with Crippen LogP contribution < -0.4 is 5.32 Å². The maximum Gasteiger partial charge on any atom is 0.125 e. The third-order valence-electron chi connectivity index (χ3n) is 4.77. The van der Waals surface area contributed by atoms with Gasteiger partial charge in [-0.3, -0.25) is 0 Å². The first-order valence-electron chi connectivity index (χ1n) is 8.26. The molecule has 1 aliphatic carbocycles. The SMILES string of the molecule is c1ccc([C@@H]2C[C@H]2c2ccc(NCC3CCCO3)nc2)cc1. The van der Waals surface area contributed by atoms with E-state index in [9.17, 15) is 0 Å². The first-order valence-corrected chi connectivity index (χ1v) is 8.26. The van der Waals surface area contributed by atoms with Gasteiger partial charge in [-0.25, -0.2) is 4.98 Å². The number of nitrogens with one attached hydrogen (secondary N) is 1. The van der Waals surface area contributed by atoms with Gasteiger partial charge in [0, 0.05) is 19.3 Å². The average Bonchev–Trinajstić information content (AvgIpc) is 3.21. The summed E-state index contributed by atoms with van der Waals surface area (Å²) in [6.07, 6.45) is 5.97. The van der Waals surface area contributed by atoms with Gasteiger partial charge in [0.2, 0.25) is 0 Å². The first-order chi connectivity index (χ1) is 10.9. The Morgan fingerprint density at radius 1 is 1.05 bits per heavy atom. The Bertz CT molecular complexity index is 605. The number of pyridine rings is 1. The van der Waals surface area contributed by atoms with Crippen molar-refractivity contribution >= 4 is 5.82 Å². The maximum atomic E-state index is 5.62. The molecule has 0 bridgehead atoms. The minimum atomic E-state index is 0.354. The molecule has 0 spiro atoms. The Hall–Kier alpha value is -1.87. The van der Waals surface area contributed by atoms with E-state index in [2.05, 4.69) is 52.8 Å². The summed E-state index contributed by atoms with van der Waals surface area (Å²) in [5.41, 5.74) is 2.81. The molecule has 22 heavy (non-hydrogen) atoms. The van der Waals surface area contributed by atoms with Crippen LogP contribution in [0.5, 0.6) is 0 Å². The Morgan fingerprint density at radius 2 is 1.91 bits per heavy atom. The number of hydrogen-bond acceptors (Lipinski definition) is 3. The largest absolute Gasteiger partial charge is 0.376 e. The fraction of sp³-hybridized carbons (Fsp3) is 0.421. The van der Waals surface area contributed by atoms with E-state index in [-0.39, 0.29) is 0 Å². The number of aromatic nitrogens is 1. The van der Waals surface area contributed by atoms with Crippen LogP contribution in [-0.4, -0.2) is 24.2 Å². The van der Waals surface area contributed by atoms with Crippen LogP contribution in [-0.2, 0) is 4.74 Å². The van der Waals surface area contributed by atoms with E-state index in [1.165, 1.54) is 24.0 Å². The van der Waals surface area contributed by atoms with E-state index in [1.807, 2.05) is 6.20 Å². The smallest absolute Gasteiger partial charge is 0.125 e. The van der Waals surface area contributed by atoms with Gasteiger partial charge in [-0.2, -0.15) is 0 Å². The van der Waals surface area contributed by atoms with Crippen LogP contribution in [0.15, 0.2) is 48.7 Å². The Kier molecular flexibility index (Phi) is 3.81. The number of rotatable bonds is 5. The lowest BCUT2D eigenvalue weighted by molar-refractivity contribution is 0.120. The lowest BCUT2D eigenvalue weighted by Gasteiger charge is -2.11. The minimum absolute atomic E-state index is 0.354. The molecule has 114 valence electrons.